The van der Waals surface area contributed by atoms with Crippen molar-refractivity contribution >= 4 is 12.4 Å². The highest BCUT2D eigenvalue weighted by Crippen LogP contribution is 2.52. The Hall–Kier alpha value is -4.27. The van der Waals surface area contributed by atoms with Gasteiger partial charge in [0.25, 0.3) is 0 Å². The van der Waals surface area contributed by atoms with Gasteiger partial charge in [-0.3, -0.25) is 9.80 Å². The van der Waals surface area contributed by atoms with Gasteiger partial charge in [-0.15, -0.1) is 12.4 Å². The van der Waals surface area contributed by atoms with E-state index in [1.165, 1.54) is 16.7 Å². The Morgan fingerprint density at radius 1 is 0.660 bits per heavy atom. The molecule has 4 aromatic carbocycles. The molecule has 9 N–H and O–H groups in total. The molecular weight excluding hydrogens is 668 g/mol. The summed E-state index contributed by atoms with van der Waals surface area (Å²) in [6, 6.07) is 20.3. The monoisotopic (exact) mass is 716 g/mol. The second-order valence-corrected chi connectivity index (χ2v) is 12.3. The molecule has 2 atom stereocenters. The van der Waals surface area contributed by atoms with Crippen LogP contribution in [0.2, 0.25) is 0 Å². The van der Waals surface area contributed by atoms with Gasteiger partial charge in [0.05, 0.1) is 21.3 Å². The first-order valence-electron chi connectivity index (χ1n) is 15.5. The smallest absolute Gasteiger partial charge is 0.204 e. The number of ether oxygens (including phenoxy) is 5. The van der Waals surface area contributed by atoms with Crippen molar-refractivity contribution in [2.75, 3.05) is 48.5 Å². The number of benzene rings is 4. The molecule has 4 aliphatic rings. The van der Waals surface area contributed by atoms with Crippen LogP contribution in [-0.2, 0) is 25.7 Å². The summed E-state index contributed by atoms with van der Waals surface area (Å²) in [7, 11) is 9.33. The number of rotatable bonds is 3. The second kappa shape index (κ2) is 17.1. The van der Waals surface area contributed by atoms with Gasteiger partial charge in [-0.25, -0.2) is 0 Å². The molecule has 0 saturated carbocycles. The zero-order valence-corrected chi connectivity index (χ0v) is 29.8. The minimum Gasteiger partial charge on any atom is -0.504 e. The fourth-order valence-electron chi connectivity index (χ4n) is 7.11. The van der Waals surface area contributed by atoms with E-state index in [2.05, 4.69) is 54.2 Å². The van der Waals surface area contributed by atoms with Gasteiger partial charge < -0.3 is 50.7 Å². The van der Waals surface area contributed by atoms with E-state index in [-0.39, 0.29) is 52.1 Å². The molecule has 0 amide bonds. The number of hydrogen-bond donors (Lipinski definition) is 1. The largest absolute Gasteiger partial charge is 0.504 e. The van der Waals surface area contributed by atoms with E-state index >= 15 is 0 Å². The summed E-state index contributed by atoms with van der Waals surface area (Å²) in [6.45, 7) is 1.82. The van der Waals surface area contributed by atoms with Crippen molar-refractivity contribution in [1.82, 2.24) is 9.80 Å². The topological polar surface area (TPSA) is 199 Å². The number of nitrogens with zero attached hydrogens (tertiary/aromatic N) is 2. The molecule has 6 bridgehead atoms. The minimum absolute atomic E-state index is 0. The average Bonchev–Trinajstić information content (AvgIpc) is 3.05. The predicted molar refractivity (Wildman–Crippen MR) is 194 cm³/mol. The summed E-state index contributed by atoms with van der Waals surface area (Å²) >= 11 is 0. The Bertz CT molecular complexity index is 1750. The van der Waals surface area contributed by atoms with Gasteiger partial charge >= 0.3 is 0 Å². The highest BCUT2D eigenvalue weighted by Gasteiger charge is 2.34. The molecule has 0 unspecified atom stereocenters. The number of hydrogen-bond acceptors (Lipinski definition) is 8. The fraction of sp³-hybridized carbons (Fsp3) is 0.351. The van der Waals surface area contributed by atoms with Crippen molar-refractivity contribution in [3.05, 3.63) is 94.0 Å². The van der Waals surface area contributed by atoms with E-state index in [1.54, 1.807) is 27.4 Å². The van der Waals surface area contributed by atoms with E-state index in [0.717, 1.165) is 49.0 Å². The molecule has 0 aromatic heterocycles. The highest BCUT2D eigenvalue weighted by molar-refractivity contribution is 5.85. The molecular formula is C37H49ClN2O10. The second-order valence-electron chi connectivity index (χ2n) is 12.3. The number of methoxy groups -OCH3 is 3. The average molecular weight is 717 g/mol. The number of aromatic hydroxyl groups is 1. The molecule has 274 valence electrons. The summed E-state index contributed by atoms with van der Waals surface area (Å²) in [4.78, 5) is 4.75. The molecule has 4 aliphatic heterocycles. The van der Waals surface area contributed by atoms with Crippen LogP contribution in [0.1, 0.15) is 45.5 Å². The molecule has 0 fully saturated rings. The Balaban J connectivity index is 0.00000173. The molecule has 8 rings (SSSR count). The third-order valence-electron chi connectivity index (χ3n) is 9.64. The molecule has 0 spiro atoms. The lowest BCUT2D eigenvalue weighted by Crippen LogP contribution is -2.34. The van der Waals surface area contributed by atoms with Gasteiger partial charge in [0.1, 0.15) is 5.75 Å². The van der Waals surface area contributed by atoms with Crippen LogP contribution in [0.25, 0.3) is 0 Å². The summed E-state index contributed by atoms with van der Waals surface area (Å²) in [5.74, 6) is 4.37. The Kier molecular flexibility index (Phi) is 14.3. The van der Waals surface area contributed by atoms with Gasteiger partial charge in [-0.1, -0.05) is 18.2 Å². The van der Waals surface area contributed by atoms with E-state index in [1.807, 2.05) is 24.3 Å². The lowest BCUT2D eigenvalue weighted by atomic mass is 9.87. The van der Waals surface area contributed by atoms with E-state index in [4.69, 9.17) is 23.7 Å². The first-order chi connectivity index (χ1) is 21.9. The Labute approximate surface area is 298 Å². The third-order valence-corrected chi connectivity index (χ3v) is 9.64. The maximum Gasteiger partial charge on any atom is 0.204 e. The number of halogens is 1. The van der Waals surface area contributed by atoms with Gasteiger partial charge in [-0.05, 0) is 110 Å². The van der Waals surface area contributed by atoms with Crippen LogP contribution in [0, 0.1) is 0 Å². The van der Waals surface area contributed by atoms with Crippen LogP contribution in [0.5, 0.6) is 46.0 Å². The number of fused-ring (bicyclic) bond motifs is 2. The first-order valence-corrected chi connectivity index (χ1v) is 15.5. The van der Waals surface area contributed by atoms with Crippen LogP contribution in [0.4, 0.5) is 0 Å². The van der Waals surface area contributed by atoms with Crippen LogP contribution in [-0.4, -0.2) is 85.3 Å². The van der Waals surface area contributed by atoms with Crippen molar-refractivity contribution in [3.8, 4) is 46.0 Å². The number of phenolic OH excluding ortho intramolecular Hbond substituents is 1. The van der Waals surface area contributed by atoms with Crippen molar-refractivity contribution in [2.24, 2.45) is 0 Å². The standard InChI is InChI=1S/C37H40N2O6.ClH.4H2O/c1-38-14-12-24-19-32(41-3)33-21-27(24)28(38)16-22-6-9-26(10-7-22)44-31-18-23(8-11-30(31)40)17-29-35-25(13-15-39(29)2)20-34(42-4)36(43-5)37(35)45-33;;;;;/h6-11,18-21,28-29,40H,12-17H2,1-5H3;1H;4*1H2/t28-,29+;;;;;/m0...../s1. The Morgan fingerprint density at radius 2 is 1.26 bits per heavy atom. The van der Waals surface area contributed by atoms with Crippen LogP contribution in [0.15, 0.2) is 60.7 Å². The van der Waals surface area contributed by atoms with Crippen LogP contribution >= 0.6 is 12.4 Å². The normalized spacial score (nSPS) is 17.5. The lowest BCUT2D eigenvalue weighted by Gasteiger charge is -2.37. The van der Waals surface area contributed by atoms with Gasteiger partial charge in [0, 0.05) is 30.7 Å². The van der Waals surface area contributed by atoms with E-state index < -0.39 is 0 Å². The third kappa shape index (κ3) is 7.57. The number of phenols is 1. The summed E-state index contributed by atoms with van der Waals surface area (Å²) in [5.41, 5.74) is 6.93. The summed E-state index contributed by atoms with van der Waals surface area (Å²) in [5, 5.41) is 10.7. The number of likely N-dealkylation sites (N-methyl/N-ethyl adjacent to an activating group) is 2. The van der Waals surface area contributed by atoms with Crippen molar-refractivity contribution in [1.29, 1.82) is 0 Å². The zero-order valence-electron chi connectivity index (χ0n) is 29.0. The van der Waals surface area contributed by atoms with Crippen molar-refractivity contribution in [2.45, 2.75) is 37.8 Å². The first kappa shape index (κ1) is 41.9. The van der Waals surface area contributed by atoms with E-state index in [0.29, 0.717) is 46.7 Å². The molecule has 0 aliphatic carbocycles. The highest BCUT2D eigenvalue weighted by atomic mass is 35.5. The zero-order chi connectivity index (χ0) is 31.2. The SMILES string of the molecule is COc1cc2c3cc1Oc1c(OC)c(OC)cc4c1[C@@H](Cc1ccc(O)c(c1)Oc1ccc(cc1)C[C@@H]3N(C)CC2)N(C)CC4.Cl.O.O.O.O. The summed E-state index contributed by atoms with van der Waals surface area (Å²) < 4.78 is 31.0. The fourth-order valence-corrected chi connectivity index (χ4v) is 7.11. The van der Waals surface area contributed by atoms with Crippen molar-refractivity contribution in [3.63, 3.8) is 0 Å². The predicted octanol–water partition coefficient (Wildman–Crippen LogP) is 3.98. The molecule has 12 nitrogen and oxygen atoms in total. The minimum atomic E-state index is -0.0402. The molecule has 4 heterocycles. The maximum atomic E-state index is 10.7. The van der Waals surface area contributed by atoms with Crippen molar-refractivity contribution < 1.29 is 50.7 Å². The summed E-state index contributed by atoms with van der Waals surface area (Å²) in [6.07, 6.45) is 3.25. The maximum absolute atomic E-state index is 10.7. The quantitative estimate of drug-likeness (QED) is 0.328. The van der Waals surface area contributed by atoms with Crippen LogP contribution in [0.3, 0.4) is 0 Å². The molecule has 13 heteroatoms. The van der Waals surface area contributed by atoms with Gasteiger partial charge in [-0.2, -0.15) is 0 Å². The molecule has 4 aromatic rings. The molecule has 0 radical (unpaired) electrons. The molecule has 0 saturated heterocycles. The lowest BCUT2D eigenvalue weighted by molar-refractivity contribution is 0.220. The van der Waals surface area contributed by atoms with Crippen LogP contribution < -0.4 is 23.7 Å². The Morgan fingerprint density at radius 3 is 1.92 bits per heavy atom. The molecule has 50 heavy (non-hydrogen) atoms. The van der Waals surface area contributed by atoms with E-state index in [9.17, 15) is 5.11 Å². The van der Waals surface area contributed by atoms with Gasteiger partial charge in [0.2, 0.25) is 5.75 Å². The van der Waals surface area contributed by atoms with Gasteiger partial charge in [0.15, 0.2) is 34.5 Å².